The number of nitrogens with zero attached hydrogens (tertiary/aromatic N) is 1. The highest BCUT2D eigenvalue weighted by Gasteiger charge is 2.08. The molecule has 2 N–H and O–H groups in total. The first-order chi connectivity index (χ1) is 12.3. The van der Waals surface area contributed by atoms with Crippen LogP contribution < -0.4 is 10.6 Å². The number of amides is 2. The van der Waals surface area contributed by atoms with Gasteiger partial charge in [0.05, 0.1) is 5.69 Å². The summed E-state index contributed by atoms with van der Waals surface area (Å²) < 4.78 is 5.49. The van der Waals surface area contributed by atoms with E-state index in [4.69, 9.17) is 4.42 Å². The number of aromatic nitrogens is 1. The highest BCUT2D eigenvalue weighted by molar-refractivity contribution is 5.90. The Morgan fingerprint density at radius 3 is 2.64 bits per heavy atom. The maximum Gasteiger partial charge on any atom is 0.319 e. The lowest BCUT2D eigenvalue weighted by atomic mass is 10.1. The quantitative estimate of drug-likeness (QED) is 0.707. The topological polar surface area (TPSA) is 67.2 Å². The fraction of sp³-hybridized carbons (Fsp3) is 0.200. The van der Waals surface area contributed by atoms with Crippen LogP contribution >= 0.6 is 0 Å². The summed E-state index contributed by atoms with van der Waals surface area (Å²) in [6, 6.07) is 17.3. The van der Waals surface area contributed by atoms with Crippen molar-refractivity contribution in [1.29, 1.82) is 0 Å². The number of aryl methyl sites for hydroxylation is 1. The monoisotopic (exact) mass is 335 g/mol. The van der Waals surface area contributed by atoms with Gasteiger partial charge in [0.1, 0.15) is 6.26 Å². The lowest BCUT2D eigenvalue weighted by Crippen LogP contribution is -2.30. The van der Waals surface area contributed by atoms with Gasteiger partial charge in [-0.05, 0) is 30.2 Å². The van der Waals surface area contributed by atoms with Crippen molar-refractivity contribution in [2.24, 2.45) is 0 Å². The van der Waals surface area contributed by atoms with Gasteiger partial charge in [-0.2, -0.15) is 0 Å². The number of para-hydroxylation sites is 1. The number of oxazole rings is 1. The molecule has 1 aromatic heterocycles. The van der Waals surface area contributed by atoms with Gasteiger partial charge in [0.2, 0.25) is 5.89 Å². The van der Waals surface area contributed by atoms with Crippen LogP contribution in [-0.2, 0) is 12.8 Å². The van der Waals surface area contributed by atoms with Crippen molar-refractivity contribution in [3.63, 3.8) is 0 Å². The van der Waals surface area contributed by atoms with Crippen LogP contribution in [0.15, 0.2) is 65.3 Å². The number of carbonyl (C=O) groups excluding carboxylic acids is 1. The van der Waals surface area contributed by atoms with E-state index in [9.17, 15) is 4.79 Å². The molecule has 3 aromatic rings. The van der Waals surface area contributed by atoms with E-state index in [1.807, 2.05) is 54.6 Å². The second-order valence-corrected chi connectivity index (χ2v) is 5.65. The number of carbonyl (C=O) groups is 1. The fourth-order valence-corrected chi connectivity index (χ4v) is 2.56. The van der Waals surface area contributed by atoms with Crippen LogP contribution in [-0.4, -0.2) is 17.6 Å². The molecule has 0 bridgehead atoms. The first-order valence-corrected chi connectivity index (χ1v) is 8.39. The molecule has 5 heteroatoms. The minimum Gasteiger partial charge on any atom is -0.444 e. The van der Waals surface area contributed by atoms with Gasteiger partial charge in [-0.3, -0.25) is 0 Å². The smallest absolute Gasteiger partial charge is 0.319 e. The average Bonchev–Trinajstić information content (AvgIpc) is 3.12. The molecule has 2 amide bonds. The molecule has 5 nitrogen and oxygen atoms in total. The molecule has 0 saturated carbocycles. The van der Waals surface area contributed by atoms with E-state index in [0.29, 0.717) is 18.9 Å². The van der Waals surface area contributed by atoms with Crippen molar-refractivity contribution in [3.05, 3.63) is 72.1 Å². The zero-order chi connectivity index (χ0) is 17.5. The number of anilines is 1. The summed E-state index contributed by atoms with van der Waals surface area (Å²) in [6.07, 6.45) is 3.12. The average molecular weight is 335 g/mol. The molecule has 25 heavy (non-hydrogen) atoms. The summed E-state index contributed by atoms with van der Waals surface area (Å²) in [5, 5.41) is 5.73. The van der Waals surface area contributed by atoms with Crippen LogP contribution in [0.5, 0.6) is 0 Å². The predicted octanol–water partition coefficient (Wildman–Crippen LogP) is 4.27. The van der Waals surface area contributed by atoms with Crippen molar-refractivity contribution in [2.75, 3.05) is 11.9 Å². The minimum atomic E-state index is -0.215. The number of benzene rings is 2. The minimum absolute atomic E-state index is 0.215. The molecule has 0 atom stereocenters. The fourth-order valence-electron chi connectivity index (χ4n) is 2.56. The number of hydrogen-bond acceptors (Lipinski definition) is 3. The highest BCUT2D eigenvalue weighted by Crippen LogP contribution is 2.18. The first kappa shape index (κ1) is 16.8. The Morgan fingerprint density at radius 2 is 1.84 bits per heavy atom. The molecule has 0 unspecified atom stereocenters. The normalized spacial score (nSPS) is 10.4. The van der Waals surface area contributed by atoms with E-state index in [0.717, 1.165) is 28.9 Å². The molecular weight excluding hydrogens is 314 g/mol. The Labute approximate surface area is 147 Å². The molecule has 0 spiro atoms. The standard InChI is InChI=1S/C20H21N3O2/c1-2-15-8-6-7-11-18(15)23-20(24)21-13-12-17-14-25-19(22-17)16-9-4-3-5-10-16/h3-11,14H,2,12-13H2,1H3,(H2,21,23,24). The maximum atomic E-state index is 12.0. The van der Waals surface area contributed by atoms with Crippen LogP contribution in [0.3, 0.4) is 0 Å². The molecular formula is C20H21N3O2. The van der Waals surface area contributed by atoms with Gasteiger partial charge in [-0.1, -0.05) is 43.3 Å². The first-order valence-electron chi connectivity index (χ1n) is 8.39. The third-order valence-electron chi connectivity index (χ3n) is 3.89. The van der Waals surface area contributed by atoms with Crippen molar-refractivity contribution < 1.29 is 9.21 Å². The molecule has 0 saturated heterocycles. The van der Waals surface area contributed by atoms with Crippen LogP contribution in [0.2, 0.25) is 0 Å². The molecule has 128 valence electrons. The molecule has 2 aromatic carbocycles. The summed E-state index contributed by atoms with van der Waals surface area (Å²) in [7, 11) is 0. The molecule has 0 aliphatic carbocycles. The molecule has 0 radical (unpaired) electrons. The molecule has 1 heterocycles. The number of rotatable bonds is 6. The van der Waals surface area contributed by atoms with Gasteiger partial charge >= 0.3 is 6.03 Å². The summed E-state index contributed by atoms with van der Waals surface area (Å²) in [5.74, 6) is 0.594. The Balaban J connectivity index is 1.50. The maximum absolute atomic E-state index is 12.0. The molecule has 0 fully saturated rings. The number of urea groups is 1. The molecule has 0 aliphatic heterocycles. The Hall–Kier alpha value is -3.08. The van der Waals surface area contributed by atoms with E-state index in [-0.39, 0.29) is 6.03 Å². The van der Waals surface area contributed by atoms with Gasteiger partial charge in [0.25, 0.3) is 0 Å². The zero-order valence-corrected chi connectivity index (χ0v) is 14.2. The summed E-state index contributed by atoms with van der Waals surface area (Å²) >= 11 is 0. The summed E-state index contributed by atoms with van der Waals surface area (Å²) in [4.78, 5) is 16.5. The lowest BCUT2D eigenvalue weighted by molar-refractivity contribution is 0.252. The molecule has 0 aliphatic rings. The Morgan fingerprint density at radius 1 is 1.08 bits per heavy atom. The van der Waals surface area contributed by atoms with Crippen LogP contribution in [0.25, 0.3) is 11.5 Å². The highest BCUT2D eigenvalue weighted by atomic mass is 16.3. The van der Waals surface area contributed by atoms with E-state index >= 15 is 0 Å². The summed E-state index contributed by atoms with van der Waals surface area (Å²) in [5.41, 5.74) is 3.71. The van der Waals surface area contributed by atoms with Crippen LogP contribution in [0.4, 0.5) is 10.5 Å². The third kappa shape index (κ3) is 4.47. The Kier molecular flexibility index (Phi) is 5.46. The van der Waals surface area contributed by atoms with Gasteiger partial charge in [-0.25, -0.2) is 9.78 Å². The van der Waals surface area contributed by atoms with Crippen molar-refractivity contribution in [1.82, 2.24) is 10.3 Å². The molecule has 3 rings (SSSR count). The van der Waals surface area contributed by atoms with Gasteiger partial charge in [-0.15, -0.1) is 0 Å². The van der Waals surface area contributed by atoms with Gasteiger partial charge in [0.15, 0.2) is 0 Å². The predicted molar refractivity (Wildman–Crippen MR) is 98.5 cm³/mol. The third-order valence-corrected chi connectivity index (χ3v) is 3.89. The van der Waals surface area contributed by atoms with E-state index < -0.39 is 0 Å². The van der Waals surface area contributed by atoms with Crippen molar-refractivity contribution in [2.45, 2.75) is 19.8 Å². The van der Waals surface area contributed by atoms with E-state index in [2.05, 4.69) is 22.5 Å². The summed E-state index contributed by atoms with van der Waals surface area (Å²) in [6.45, 7) is 2.55. The lowest BCUT2D eigenvalue weighted by Gasteiger charge is -2.10. The zero-order valence-electron chi connectivity index (χ0n) is 14.2. The Bertz CT molecular complexity index is 828. The SMILES string of the molecule is CCc1ccccc1NC(=O)NCCc1coc(-c2ccccc2)n1. The van der Waals surface area contributed by atoms with Gasteiger partial charge < -0.3 is 15.1 Å². The van der Waals surface area contributed by atoms with Crippen molar-refractivity contribution in [3.8, 4) is 11.5 Å². The largest absolute Gasteiger partial charge is 0.444 e. The second-order valence-electron chi connectivity index (χ2n) is 5.65. The van der Waals surface area contributed by atoms with Gasteiger partial charge in [0, 0.05) is 24.2 Å². The second kappa shape index (κ2) is 8.15. The number of hydrogen-bond donors (Lipinski definition) is 2. The van der Waals surface area contributed by atoms with E-state index in [1.54, 1.807) is 6.26 Å². The number of nitrogens with one attached hydrogen (secondary N) is 2. The van der Waals surface area contributed by atoms with Crippen LogP contribution in [0, 0.1) is 0 Å². The van der Waals surface area contributed by atoms with Crippen LogP contribution in [0.1, 0.15) is 18.2 Å². The van der Waals surface area contributed by atoms with E-state index in [1.165, 1.54) is 0 Å². The van der Waals surface area contributed by atoms with Crippen molar-refractivity contribution >= 4 is 11.7 Å².